The highest BCUT2D eigenvalue weighted by molar-refractivity contribution is 5.24. The Bertz CT molecular complexity index is 345. The van der Waals surface area contributed by atoms with Crippen LogP contribution in [-0.2, 0) is 0 Å². The minimum Gasteiger partial charge on any atom is -0.284 e. The van der Waals surface area contributed by atoms with Crippen LogP contribution >= 0.6 is 0 Å². The molecule has 0 saturated carbocycles. The maximum atomic E-state index is 9.46. The Kier molecular flexibility index (Phi) is 7.13. The molecule has 0 heterocycles. The van der Waals surface area contributed by atoms with Crippen LogP contribution in [0.1, 0.15) is 51.1 Å². The number of rotatable bonds is 8. The molecule has 0 saturated heterocycles. The van der Waals surface area contributed by atoms with Crippen molar-refractivity contribution >= 4 is 0 Å². The van der Waals surface area contributed by atoms with E-state index < -0.39 is 0 Å². The Morgan fingerprint density at radius 1 is 1.06 bits per heavy atom. The highest BCUT2D eigenvalue weighted by atomic mass is 15.1. The molecular formula is C16H24N2. The van der Waals surface area contributed by atoms with Crippen molar-refractivity contribution in [1.29, 1.82) is 5.26 Å². The van der Waals surface area contributed by atoms with Crippen LogP contribution in [0.5, 0.6) is 0 Å². The molecule has 2 heteroatoms. The standard InChI is InChI=1S/C16H24N2/c1-3-5-12-18(13-6-4-2)16(14-17)15-10-8-7-9-11-15/h7-11,16H,3-6,12-13H2,1-2H3. The number of benzene rings is 1. The largest absolute Gasteiger partial charge is 0.284 e. The minimum absolute atomic E-state index is 0.0932. The summed E-state index contributed by atoms with van der Waals surface area (Å²) in [5, 5.41) is 9.46. The van der Waals surface area contributed by atoms with Crippen molar-refractivity contribution in [1.82, 2.24) is 4.90 Å². The Hall–Kier alpha value is -1.33. The van der Waals surface area contributed by atoms with Gasteiger partial charge in [-0.25, -0.2) is 0 Å². The van der Waals surface area contributed by atoms with Gasteiger partial charge >= 0.3 is 0 Å². The molecule has 0 N–H and O–H groups in total. The molecule has 0 bridgehead atoms. The molecule has 0 aliphatic heterocycles. The second-order valence-corrected chi connectivity index (χ2v) is 4.69. The van der Waals surface area contributed by atoms with E-state index in [1.54, 1.807) is 0 Å². The summed E-state index contributed by atoms with van der Waals surface area (Å²) in [7, 11) is 0. The van der Waals surface area contributed by atoms with Gasteiger partial charge in [0.2, 0.25) is 0 Å². The molecule has 1 unspecified atom stereocenters. The fraction of sp³-hybridized carbons (Fsp3) is 0.562. The third kappa shape index (κ3) is 4.50. The van der Waals surface area contributed by atoms with Gasteiger partial charge in [-0.15, -0.1) is 0 Å². The SMILES string of the molecule is CCCCN(CCCC)C(C#N)c1ccccc1. The summed E-state index contributed by atoms with van der Waals surface area (Å²) in [5.74, 6) is 0. The lowest BCUT2D eigenvalue weighted by atomic mass is 10.1. The van der Waals surface area contributed by atoms with E-state index in [2.05, 4.69) is 36.9 Å². The zero-order valence-corrected chi connectivity index (χ0v) is 11.6. The molecule has 0 radical (unpaired) electrons. The summed E-state index contributed by atoms with van der Waals surface area (Å²) in [5.41, 5.74) is 1.12. The molecule has 18 heavy (non-hydrogen) atoms. The van der Waals surface area contributed by atoms with Crippen molar-refractivity contribution in [2.45, 2.75) is 45.6 Å². The molecule has 2 nitrogen and oxygen atoms in total. The monoisotopic (exact) mass is 244 g/mol. The Morgan fingerprint density at radius 3 is 2.06 bits per heavy atom. The topological polar surface area (TPSA) is 27.0 Å². The maximum Gasteiger partial charge on any atom is 0.123 e. The third-order valence-corrected chi connectivity index (χ3v) is 3.20. The smallest absolute Gasteiger partial charge is 0.123 e. The first-order chi connectivity index (χ1) is 8.83. The Balaban J connectivity index is 2.76. The maximum absolute atomic E-state index is 9.46. The van der Waals surface area contributed by atoms with E-state index in [1.807, 2.05) is 18.2 Å². The van der Waals surface area contributed by atoms with E-state index in [-0.39, 0.29) is 6.04 Å². The molecule has 0 aliphatic carbocycles. The van der Waals surface area contributed by atoms with Crippen LogP contribution in [0.25, 0.3) is 0 Å². The van der Waals surface area contributed by atoms with Crippen LogP contribution in [0, 0.1) is 11.3 Å². The first kappa shape index (κ1) is 14.7. The molecule has 0 aliphatic rings. The zero-order chi connectivity index (χ0) is 13.2. The number of hydrogen-bond acceptors (Lipinski definition) is 2. The predicted octanol–water partition coefficient (Wildman–Crippen LogP) is 4.15. The van der Waals surface area contributed by atoms with Gasteiger partial charge in [-0.05, 0) is 31.5 Å². The zero-order valence-electron chi connectivity index (χ0n) is 11.6. The van der Waals surface area contributed by atoms with Crippen molar-refractivity contribution in [2.24, 2.45) is 0 Å². The Labute approximate surface area is 111 Å². The van der Waals surface area contributed by atoms with Crippen LogP contribution in [0.3, 0.4) is 0 Å². The molecule has 98 valence electrons. The minimum atomic E-state index is -0.0932. The van der Waals surface area contributed by atoms with Crippen molar-refractivity contribution in [3.05, 3.63) is 35.9 Å². The summed E-state index contributed by atoms with van der Waals surface area (Å²) >= 11 is 0. The summed E-state index contributed by atoms with van der Waals surface area (Å²) in [6, 6.07) is 12.5. The van der Waals surface area contributed by atoms with Gasteiger partial charge in [0, 0.05) is 0 Å². The highest BCUT2D eigenvalue weighted by Crippen LogP contribution is 2.20. The van der Waals surface area contributed by atoms with Gasteiger partial charge in [-0.2, -0.15) is 5.26 Å². The van der Waals surface area contributed by atoms with E-state index >= 15 is 0 Å². The normalized spacial score (nSPS) is 12.3. The van der Waals surface area contributed by atoms with Gasteiger partial charge in [0.15, 0.2) is 0 Å². The van der Waals surface area contributed by atoms with E-state index in [9.17, 15) is 5.26 Å². The fourth-order valence-corrected chi connectivity index (χ4v) is 2.09. The van der Waals surface area contributed by atoms with Gasteiger partial charge in [0.05, 0.1) is 6.07 Å². The molecular weight excluding hydrogens is 220 g/mol. The van der Waals surface area contributed by atoms with Gasteiger partial charge in [-0.3, -0.25) is 4.90 Å². The molecule has 1 aromatic rings. The third-order valence-electron chi connectivity index (χ3n) is 3.20. The van der Waals surface area contributed by atoms with Gasteiger partial charge < -0.3 is 0 Å². The number of hydrogen-bond donors (Lipinski definition) is 0. The summed E-state index contributed by atoms with van der Waals surface area (Å²) in [6.07, 6.45) is 4.68. The molecule has 0 fully saturated rings. The first-order valence-corrected chi connectivity index (χ1v) is 7.02. The molecule has 1 rings (SSSR count). The summed E-state index contributed by atoms with van der Waals surface area (Å²) < 4.78 is 0. The summed E-state index contributed by atoms with van der Waals surface area (Å²) in [6.45, 7) is 6.43. The van der Waals surface area contributed by atoms with E-state index in [0.29, 0.717) is 0 Å². The lowest BCUT2D eigenvalue weighted by molar-refractivity contribution is 0.228. The number of unbranched alkanes of at least 4 members (excludes halogenated alkanes) is 2. The van der Waals surface area contributed by atoms with Crippen LogP contribution in [-0.4, -0.2) is 18.0 Å². The van der Waals surface area contributed by atoms with Crippen molar-refractivity contribution < 1.29 is 0 Å². The van der Waals surface area contributed by atoms with Gasteiger partial charge in [-0.1, -0.05) is 57.0 Å². The number of nitrogens with zero attached hydrogens (tertiary/aromatic N) is 2. The molecule has 1 aromatic carbocycles. The highest BCUT2D eigenvalue weighted by Gasteiger charge is 2.18. The second-order valence-electron chi connectivity index (χ2n) is 4.69. The Morgan fingerprint density at radius 2 is 1.61 bits per heavy atom. The number of nitriles is 1. The lowest BCUT2D eigenvalue weighted by Gasteiger charge is -2.27. The molecule has 0 spiro atoms. The second kappa shape index (κ2) is 8.72. The molecule has 0 aromatic heterocycles. The van der Waals surface area contributed by atoms with Crippen molar-refractivity contribution in [2.75, 3.05) is 13.1 Å². The van der Waals surface area contributed by atoms with Gasteiger partial charge in [0.25, 0.3) is 0 Å². The average molecular weight is 244 g/mol. The van der Waals surface area contributed by atoms with E-state index in [4.69, 9.17) is 0 Å². The van der Waals surface area contributed by atoms with Crippen LogP contribution in [0.15, 0.2) is 30.3 Å². The van der Waals surface area contributed by atoms with Gasteiger partial charge in [0.1, 0.15) is 6.04 Å². The molecule has 0 amide bonds. The van der Waals surface area contributed by atoms with E-state index in [0.717, 1.165) is 31.5 Å². The molecule has 1 atom stereocenters. The first-order valence-electron chi connectivity index (χ1n) is 7.02. The van der Waals surface area contributed by atoms with Crippen LogP contribution in [0.4, 0.5) is 0 Å². The van der Waals surface area contributed by atoms with Crippen molar-refractivity contribution in [3.8, 4) is 6.07 Å². The fourth-order valence-electron chi connectivity index (χ4n) is 2.09. The average Bonchev–Trinajstić information content (AvgIpc) is 2.43. The van der Waals surface area contributed by atoms with Crippen LogP contribution in [0.2, 0.25) is 0 Å². The quantitative estimate of drug-likeness (QED) is 0.686. The van der Waals surface area contributed by atoms with Crippen LogP contribution < -0.4 is 0 Å². The summed E-state index contributed by atoms with van der Waals surface area (Å²) in [4.78, 5) is 2.32. The van der Waals surface area contributed by atoms with Crippen molar-refractivity contribution in [3.63, 3.8) is 0 Å². The predicted molar refractivity (Wildman–Crippen MR) is 76.2 cm³/mol. The van der Waals surface area contributed by atoms with E-state index in [1.165, 1.54) is 12.8 Å². The lowest BCUT2D eigenvalue weighted by Crippen LogP contribution is -2.30.